The van der Waals surface area contributed by atoms with Crippen LogP contribution >= 0.6 is 0 Å². The van der Waals surface area contributed by atoms with Crippen LogP contribution in [-0.2, 0) is 9.53 Å². The van der Waals surface area contributed by atoms with Gasteiger partial charge < -0.3 is 10.1 Å². The van der Waals surface area contributed by atoms with E-state index >= 15 is 0 Å². The number of hydrogen-bond donors (Lipinski definition) is 1. The zero-order valence-electron chi connectivity index (χ0n) is 10.5. The average molecular weight is 227 g/mol. The summed E-state index contributed by atoms with van der Waals surface area (Å²) in [5, 5.41) is 2.50. The highest BCUT2D eigenvalue weighted by atomic mass is 16.6. The molecule has 0 aliphatic heterocycles. The smallest absolute Gasteiger partial charge is 0.408 e. The molecule has 1 aliphatic rings. The SMILES string of the molecule is CC1CC[C@@H]1C(=O)CNC(=O)OC(C)(C)C. The Kier molecular flexibility index (Phi) is 3.94. The minimum absolute atomic E-state index is 0.0872. The fourth-order valence-electron chi connectivity index (χ4n) is 1.75. The van der Waals surface area contributed by atoms with Crippen LogP contribution in [0.25, 0.3) is 0 Å². The van der Waals surface area contributed by atoms with Gasteiger partial charge in [0.2, 0.25) is 0 Å². The molecule has 1 amide bonds. The third-order valence-electron chi connectivity index (χ3n) is 2.84. The number of rotatable bonds is 3. The van der Waals surface area contributed by atoms with Crippen LogP contribution in [0.15, 0.2) is 0 Å². The van der Waals surface area contributed by atoms with Crippen LogP contribution in [0, 0.1) is 11.8 Å². The Balaban J connectivity index is 2.24. The van der Waals surface area contributed by atoms with Gasteiger partial charge >= 0.3 is 6.09 Å². The van der Waals surface area contributed by atoms with Crippen LogP contribution in [0.3, 0.4) is 0 Å². The van der Waals surface area contributed by atoms with Gasteiger partial charge in [-0.25, -0.2) is 4.79 Å². The number of nitrogens with one attached hydrogen (secondary N) is 1. The minimum Gasteiger partial charge on any atom is -0.444 e. The quantitative estimate of drug-likeness (QED) is 0.803. The topological polar surface area (TPSA) is 55.4 Å². The van der Waals surface area contributed by atoms with Gasteiger partial charge in [0.05, 0.1) is 6.54 Å². The summed E-state index contributed by atoms with van der Waals surface area (Å²) in [5.74, 6) is 0.715. The van der Waals surface area contributed by atoms with E-state index < -0.39 is 11.7 Å². The predicted molar refractivity (Wildman–Crippen MR) is 61.1 cm³/mol. The molecule has 0 bridgehead atoms. The van der Waals surface area contributed by atoms with Crippen molar-refractivity contribution >= 4 is 11.9 Å². The van der Waals surface area contributed by atoms with E-state index in [0.29, 0.717) is 5.92 Å². The number of ketones is 1. The van der Waals surface area contributed by atoms with Gasteiger partial charge in [-0.3, -0.25) is 4.79 Å². The molecule has 1 N–H and O–H groups in total. The molecule has 1 fully saturated rings. The molecular formula is C12H21NO3. The third kappa shape index (κ3) is 3.83. The number of Topliss-reactive ketones (excluding diaryl/α,β-unsaturated/α-hetero) is 1. The summed E-state index contributed by atoms with van der Waals surface area (Å²) in [6.45, 7) is 7.54. The maximum atomic E-state index is 11.6. The number of alkyl carbamates (subject to hydrolysis) is 1. The molecule has 16 heavy (non-hydrogen) atoms. The number of ether oxygens (including phenoxy) is 1. The Hall–Kier alpha value is -1.06. The molecule has 1 aliphatic carbocycles. The van der Waals surface area contributed by atoms with Gasteiger partial charge in [-0.1, -0.05) is 6.92 Å². The molecule has 0 saturated heterocycles. The van der Waals surface area contributed by atoms with E-state index in [1.54, 1.807) is 20.8 Å². The number of amides is 1. The summed E-state index contributed by atoms with van der Waals surface area (Å²) in [6.07, 6.45) is 1.55. The minimum atomic E-state index is -0.521. The first-order chi connectivity index (χ1) is 7.29. The van der Waals surface area contributed by atoms with Crippen molar-refractivity contribution in [1.29, 1.82) is 0 Å². The van der Waals surface area contributed by atoms with Crippen molar-refractivity contribution in [3.8, 4) is 0 Å². The lowest BCUT2D eigenvalue weighted by Crippen LogP contribution is -2.40. The molecule has 1 saturated carbocycles. The van der Waals surface area contributed by atoms with Gasteiger partial charge in [-0.05, 0) is 39.5 Å². The molecule has 0 aromatic carbocycles. The summed E-state index contributed by atoms with van der Waals surface area (Å²) in [4.78, 5) is 22.9. The molecule has 0 radical (unpaired) electrons. The van der Waals surface area contributed by atoms with E-state index in [2.05, 4.69) is 12.2 Å². The average Bonchev–Trinajstić information content (AvgIpc) is 2.09. The second-order valence-electron chi connectivity index (χ2n) is 5.48. The fraction of sp³-hybridized carbons (Fsp3) is 0.833. The molecule has 0 aromatic heterocycles. The number of hydrogen-bond acceptors (Lipinski definition) is 3. The highest BCUT2D eigenvalue weighted by Crippen LogP contribution is 2.33. The van der Waals surface area contributed by atoms with Crippen molar-refractivity contribution in [2.24, 2.45) is 11.8 Å². The lowest BCUT2D eigenvalue weighted by molar-refractivity contribution is -0.126. The Morgan fingerprint density at radius 1 is 1.31 bits per heavy atom. The molecule has 4 nitrogen and oxygen atoms in total. The van der Waals surface area contributed by atoms with E-state index in [-0.39, 0.29) is 18.2 Å². The first-order valence-corrected chi connectivity index (χ1v) is 5.79. The van der Waals surface area contributed by atoms with Crippen LogP contribution in [0.5, 0.6) is 0 Å². The summed E-state index contributed by atoms with van der Waals surface area (Å²) in [6, 6.07) is 0. The maximum Gasteiger partial charge on any atom is 0.408 e. The van der Waals surface area contributed by atoms with Crippen LogP contribution in [0.2, 0.25) is 0 Å². The van der Waals surface area contributed by atoms with Gasteiger partial charge in [0.15, 0.2) is 5.78 Å². The molecule has 4 heteroatoms. The normalized spacial score (nSPS) is 24.5. The van der Waals surface area contributed by atoms with E-state index in [1.807, 2.05) is 0 Å². The zero-order chi connectivity index (χ0) is 12.3. The van der Waals surface area contributed by atoms with Gasteiger partial charge in [-0.2, -0.15) is 0 Å². The van der Waals surface area contributed by atoms with Crippen molar-refractivity contribution in [3.63, 3.8) is 0 Å². The first kappa shape index (κ1) is 13.0. The van der Waals surface area contributed by atoms with E-state index in [1.165, 1.54) is 0 Å². The highest BCUT2D eigenvalue weighted by Gasteiger charge is 2.32. The summed E-state index contributed by atoms with van der Waals surface area (Å²) < 4.78 is 5.04. The van der Waals surface area contributed by atoms with Crippen molar-refractivity contribution < 1.29 is 14.3 Å². The van der Waals surface area contributed by atoms with E-state index in [4.69, 9.17) is 4.74 Å². The van der Waals surface area contributed by atoms with Crippen molar-refractivity contribution in [2.75, 3.05) is 6.54 Å². The van der Waals surface area contributed by atoms with E-state index in [0.717, 1.165) is 12.8 Å². The number of carbonyl (C=O) groups is 2. The Morgan fingerprint density at radius 3 is 2.31 bits per heavy atom. The summed E-state index contributed by atoms with van der Waals surface area (Å²) >= 11 is 0. The molecule has 0 heterocycles. The molecule has 1 rings (SSSR count). The lowest BCUT2D eigenvalue weighted by Gasteiger charge is -2.32. The van der Waals surface area contributed by atoms with Gasteiger partial charge in [0.25, 0.3) is 0 Å². The maximum absolute atomic E-state index is 11.6. The largest absolute Gasteiger partial charge is 0.444 e. The summed E-state index contributed by atoms with van der Waals surface area (Å²) in [5.41, 5.74) is -0.517. The molecular weight excluding hydrogens is 206 g/mol. The second kappa shape index (κ2) is 4.85. The first-order valence-electron chi connectivity index (χ1n) is 5.79. The van der Waals surface area contributed by atoms with Crippen LogP contribution < -0.4 is 5.32 Å². The van der Waals surface area contributed by atoms with Crippen molar-refractivity contribution in [1.82, 2.24) is 5.32 Å². The Labute approximate surface area is 96.7 Å². The highest BCUT2D eigenvalue weighted by molar-refractivity contribution is 5.86. The van der Waals surface area contributed by atoms with Gasteiger partial charge in [0.1, 0.15) is 5.60 Å². The molecule has 0 aromatic rings. The molecule has 2 atom stereocenters. The van der Waals surface area contributed by atoms with Crippen LogP contribution in [0.4, 0.5) is 4.79 Å². The van der Waals surface area contributed by atoms with Crippen molar-refractivity contribution in [3.05, 3.63) is 0 Å². The second-order valence-corrected chi connectivity index (χ2v) is 5.48. The summed E-state index contributed by atoms with van der Waals surface area (Å²) in [7, 11) is 0. The Morgan fingerprint density at radius 2 is 1.94 bits per heavy atom. The van der Waals surface area contributed by atoms with Gasteiger partial charge in [0, 0.05) is 5.92 Å². The third-order valence-corrected chi connectivity index (χ3v) is 2.84. The predicted octanol–water partition coefficient (Wildman–Crippen LogP) is 2.13. The van der Waals surface area contributed by atoms with Crippen molar-refractivity contribution in [2.45, 2.75) is 46.1 Å². The van der Waals surface area contributed by atoms with Crippen LogP contribution in [-0.4, -0.2) is 24.0 Å². The van der Waals surface area contributed by atoms with Crippen LogP contribution in [0.1, 0.15) is 40.5 Å². The molecule has 1 unspecified atom stereocenters. The Bertz CT molecular complexity index is 280. The monoisotopic (exact) mass is 227 g/mol. The molecule has 92 valence electrons. The number of carbonyl (C=O) groups excluding carboxylic acids is 2. The van der Waals surface area contributed by atoms with Gasteiger partial charge in [-0.15, -0.1) is 0 Å². The standard InChI is InChI=1S/C12H21NO3/c1-8-5-6-9(8)10(14)7-13-11(15)16-12(2,3)4/h8-9H,5-7H2,1-4H3,(H,13,15)/t8?,9-/m0/s1. The van der Waals surface area contributed by atoms with E-state index in [9.17, 15) is 9.59 Å². The molecule has 0 spiro atoms. The fourth-order valence-corrected chi connectivity index (χ4v) is 1.75. The zero-order valence-corrected chi connectivity index (χ0v) is 10.5. The lowest BCUT2D eigenvalue weighted by atomic mass is 9.72.